The van der Waals surface area contributed by atoms with Gasteiger partial charge in [0.25, 0.3) is 5.91 Å². The second-order valence-corrected chi connectivity index (χ2v) is 6.54. The van der Waals surface area contributed by atoms with E-state index >= 15 is 0 Å². The Morgan fingerprint density at radius 3 is 2.53 bits per heavy atom. The molecule has 0 saturated heterocycles. The van der Waals surface area contributed by atoms with Gasteiger partial charge in [0.1, 0.15) is 6.54 Å². The van der Waals surface area contributed by atoms with Gasteiger partial charge in [0.2, 0.25) is 0 Å². The van der Waals surface area contributed by atoms with Crippen molar-refractivity contribution in [3.8, 4) is 0 Å². The Labute approximate surface area is 112 Å². The summed E-state index contributed by atoms with van der Waals surface area (Å²) in [7, 11) is 0. The van der Waals surface area contributed by atoms with Crippen molar-refractivity contribution in [1.29, 1.82) is 0 Å². The molecule has 0 aromatic carbocycles. The van der Waals surface area contributed by atoms with Crippen LogP contribution in [0, 0.1) is 5.92 Å². The number of amides is 1. The summed E-state index contributed by atoms with van der Waals surface area (Å²) in [5.74, 6) is -0.979. The Bertz CT molecular complexity index is 417. The number of rotatable bonds is 5. The van der Waals surface area contributed by atoms with Crippen LogP contribution in [0.3, 0.4) is 0 Å². The van der Waals surface area contributed by atoms with Crippen molar-refractivity contribution in [3.63, 3.8) is 0 Å². The van der Waals surface area contributed by atoms with Gasteiger partial charge in [0.05, 0.1) is 8.66 Å². The first-order valence-corrected chi connectivity index (χ1v) is 6.77. The molecule has 0 saturated carbocycles. The summed E-state index contributed by atoms with van der Waals surface area (Å²) >= 11 is 4.59. The van der Waals surface area contributed by atoms with Gasteiger partial charge < -0.3 is 10.0 Å². The highest BCUT2D eigenvalue weighted by molar-refractivity contribution is 9.11. The minimum absolute atomic E-state index is 0.225. The Kier molecular flexibility index (Phi) is 5.14. The smallest absolute Gasteiger partial charge is 0.323 e. The predicted octanol–water partition coefficient (Wildman–Crippen LogP) is 2.69. The first-order valence-electron chi connectivity index (χ1n) is 5.16. The van der Waals surface area contributed by atoms with E-state index in [4.69, 9.17) is 5.11 Å². The van der Waals surface area contributed by atoms with Crippen LogP contribution in [0.5, 0.6) is 0 Å². The molecule has 17 heavy (non-hydrogen) atoms. The summed E-state index contributed by atoms with van der Waals surface area (Å²) in [6.45, 7) is 4.09. The molecule has 0 unspecified atom stereocenters. The second-order valence-electron chi connectivity index (χ2n) is 4.08. The summed E-state index contributed by atoms with van der Waals surface area (Å²) < 4.78 is 0.862. The van der Waals surface area contributed by atoms with Gasteiger partial charge in [-0.25, -0.2) is 0 Å². The van der Waals surface area contributed by atoms with Crippen LogP contribution in [0.25, 0.3) is 0 Å². The summed E-state index contributed by atoms with van der Waals surface area (Å²) in [5, 5.41) is 8.80. The number of carbonyl (C=O) groups is 2. The zero-order valence-corrected chi connectivity index (χ0v) is 12.0. The molecule has 1 aromatic heterocycles. The van der Waals surface area contributed by atoms with E-state index in [1.165, 1.54) is 16.2 Å². The molecule has 0 aliphatic rings. The van der Waals surface area contributed by atoms with E-state index in [1.807, 2.05) is 13.8 Å². The van der Waals surface area contributed by atoms with Crippen LogP contribution < -0.4 is 0 Å². The lowest BCUT2D eigenvalue weighted by atomic mass is 10.2. The van der Waals surface area contributed by atoms with E-state index in [-0.39, 0.29) is 18.4 Å². The number of hydrogen-bond donors (Lipinski definition) is 1. The van der Waals surface area contributed by atoms with Crippen molar-refractivity contribution >= 4 is 39.1 Å². The Morgan fingerprint density at radius 2 is 2.12 bits per heavy atom. The zero-order valence-electron chi connectivity index (χ0n) is 9.64. The van der Waals surface area contributed by atoms with E-state index in [0.29, 0.717) is 11.4 Å². The minimum atomic E-state index is -0.991. The number of halogens is 1. The fourth-order valence-electron chi connectivity index (χ4n) is 1.41. The molecule has 0 aliphatic heterocycles. The van der Waals surface area contributed by atoms with Gasteiger partial charge in [-0.1, -0.05) is 13.8 Å². The third-order valence-electron chi connectivity index (χ3n) is 1.98. The van der Waals surface area contributed by atoms with Crippen LogP contribution >= 0.6 is 27.3 Å². The van der Waals surface area contributed by atoms with Gasteiger partial charge in [-0.15, -0.1) is 11.3 Å². The number of nitrogens with zero attached hydrogens (tertiary/aromatic N) is 1. The minimum Gasteiger partial charge on any atom is -0.480 e. The average molecular weight is 320 g/mol. The molecule has 1 amide bonds. The summed E-state index contributed by atoms with van der Waals surface area (Å²) in [6, 6.07) is 3.48. The number of carbonyl (C=O) groups excluding carboxylic acids is 1. The standard InChI is InChI=1S/C11H14BrNO3S/c1-7(2)5-13(6-10(14)15)11(16)8-3-4-9(12)17-8/h3-4,7H,5-6H2,1-2H3,(H,14,15). The van der Waals surface area contributed by atoms with Crippen LogP contribution in [0.1, 0.15) is 23.5 Å². The quantitative estimate of drug-likeness (QED) is 0.907. The molecule has 0 bridgehead atoms. The first kappa shape index (κ1) is 14.2. The van der Waals surface area contributed by atoms with Crippen LogP contribution in [0.4, 0.5) is 0 Å². The van der Waals surface area contributed by atoms with Gasteiger partial charge in [-0.05, 0) is 34.0 Å². The van der Waals surface area contributed by atoms with Crippen molar-refractivity contribution < 1.29 is 14.7 Å². The van der Waals surface area contributed by atoms with Crippen LogP contribution in [0.2, 0.25) is 0 Å². The van der Waals surface area contributed by atoms with Gasteiger partial charge in [-0.2, -0.15) is 0 Å². The van der Waals surface area contributed by atoms with E-state index in [9.17, 15) is 9.59 Å². The topological polar surface area (TPSA) is 57.6 Å². The SMILES string of the molecule is CC(C)CN(CC(=O)O)C(=O)c1ccc(Br)s1. The summed E-state index contributed by atoms with van der Waals surface area (Å²) in [4.78, 5) is 24.7. The number of thiophene rings is 1. The fraction of sp³-hybridized carbons (Fsp3) is 0.455. The lowest BCUT2D eigenvalue weighted by molar-refractivity contribution is -0.137. The molecule has 1 heterocycles. The second kappa shape index (κ2) is 6.16. The van der Waals surface area contributed by atoms with E-state index in [0.717, 1.165) is 3.79 Å². The summed E-state index contributed by atoms with van der Waals surface area (Å²) in [5.41, 5.74) is 0. The molecule has 1 rings (SSSR count). The molecule has 94 valence electrons. The molecule has 0 spiro atoms. The summed E-state index contributed by atoms with van der Waals surface area (Å²) in [6.07, 6.45) is 0. The molecule has 1 aromatic rings. The average Bonchev–Trinajstić information content (AvgIpc) is 2.61. The van der Waals surface area contributed by atoms with Crippen LogP contribution in [-0.4, -0.2) is 35.0 Å². The molecule has 0 fully saturated rings. The fourth-order valence-corrected chi connectivity index (χ4v) is 2.76. The third-order valence-corrected chi connectivity index (χ3v) is 3.59. The highest BCUT2D eigenvalue weighted by Crippen LogP contribution is 2.23. The number of carboxylic acid groups (broad SMARTS) is 1. The number of aliphatic carboxylic acids is 1. The predicted molar refractivity (Wildman–Crippen MR) is 70.4 cm³/mol. The van der Waals surface area contributed by atoms with Crippen molar-refractivity contribution in [3.05, 3.63) is 20.8 Å². The van der Waals surface area contributed by atoms with E-state index < -0.39 is 5.97 Å². The Hall–Kier alpha value is -0.880. The highest BCUT2D eigenvalue weighted by Gasteiger charge is 2.20. The first-order chi connectivity index (χ1) is 7.90. The van der Waals surface area contributed by atoms with Crippen molar-refractivity contribution in [2.45, 2.75) is 13.8 Å². The van der Waals surface area contributed by atoms with Gasteiger partial charge in [-0.3, -0.25) is 9.59 Å². The van der Waals surface area contributed by atoms with Crippen molar-refractivity contribution in [1.82, 2.24) is 4.90 Å². The Morgan fingerprint density at radius 1 is 1.47 bits per heavy atom. The molecule has 0 radical (unpaired) electrons. The maximum absolute atomic E-state index is 12.1. The molecule has 6 heteroatoms. The van der Waals surface area contributed by atoms with Crippen molar-refractivity contribution in [2.75, 3.05) is 13.1 Å². The third kappa shape index (κ3) is 4.47. The lowest BCUT2D eigenvalue weighted by Gasteiger charge is -2.21. The van der Waals surface area contributed by atoms with Gasteiger partial charge >= 0.3 is 5.97 Å². The molecule has 1 N–H and O–H groups in total. The Balaban J connectivity index is 2.82. The molecule has 0 aliphatic carbocycles. The maximum Gasteiger partial charge on any atom is 0.323 e. The molecular weight excluding hydrogens is 306 g/mol. The normalized spacial score (nSPS) is 10.6. The monoisotopic (exact) mass is 319 g/mol. The van der Waals surface area contributed by atoms with Crippen LogP contribution in [0.15, 0.2) is 15.9 Å². The van der Waals surface area contributed by atoms with Crippen LogP contribution in [-0.2, 0) is 4.79 Å². The molecular formula is C11H14BrNO3S. The van der Waals surface area contributed by atoms with Crippen molar-refractivity contribution in [2.24, 2.45) is 5.92 Å². The number of hydrogen-bond acceptors (Lipinski definition) is 3. The van der Waals surface area contributed by atoms with Gasteiger partial charge in [0.15, 0.2) is 0 Å². The van der Waals surface area contributed by atoms with E-state index in [1.54, 1.807) is 12.1 Å². The molecule has 0 atom stereocenters. The largest absolute Gasteiger partial charge is 0.480 e. The number of carboxylic acids is 1. The van der Waals surface area contributed by atoms with E-state index in [2.05, 4.69) is 15.9 Å². The molecule has 4 nitrogen and oxygen atoms in total. The lowest BCUT2D eigenvalue weighted by Crippen LogP contribution is -2.37. The maximum atomic E-state index is 12.1. The zero-order chi connectivity index (χ0) is 13.0. The highest BCUT2D eigenvalue weighted by atomic mass is 79.9. The van der Waals surface area contributed by atoms with Gasteiger partial charge in [0, 0.05) is 6.54 Å².